The number of carboxylic acid groups (broad SMARTS) is 1. The molecule has 0 fully saturated rings. The molecule has 0 aromatic carbocycles. The maximum absolute atomic E-state index is 10.9. The average molecular weight is 246 g/mol. The maximum Gasteiger partial charge on any atom is 0.0675 e. The minimum atomic E-state index is -1.22. The highest BCUT2D eigenvalue weighted by atomic mass is 16.5. The third kappa shape index (κ3) is 6.00. The second-order valence-corrected chi connectivity index (χ2v) is 6.16. The van der Waals surface area contributed by atoms with Crippen molar-refractivity contribution in [3.8, 4) is 0 Å². The predicted octanol–water partition coefficient (Wildman–Crippen LogP) is -0.329. The van der Waals surface area contributed by atoms with E-state index in [-0.39, 0.29) is 18.8 Å². The van der Waals surface area contributed by atoms with E-state index in [1.54, 1.807) is 6.92 Å². The summed E-state index contributed by atoms with van der Waals surface area (Å²) in [6, 6.07) is 0. The number of aliphatic carboxylic acids is 1. The molecule has 2 N–H and O–H groups in total. The van der Waals surface area contributed by atoms with Gasteiger partial charge >= 0.3 is 0 Å². The van der Waals surface area contributed by atoms with Gasteiger partial charge in [0.25, 0.3) is 0 Å². The molecule has 1 unspecified atom stereocenters. The normalized spacial score (nSPS) is 16.6. The van der Waals surface area contributed by atoms with E-state index in [0.29, 0.717) is 0 Å². The molecular formula is C12H24NO4-. The molecule has 0 radical (unpaired) electrons. The fourth-order valence-corrected chi connectivity index (χ4v) is 1.30. The molecule has 0 aliphatic heterocycles. The van der Waals surface area contributed by atoms with Crippen LogP contribution < -0.4 is 10.4 Å². The van der Waals surface area contributed by atoms with Crippen LogP contribution in [0.25, 0.3) is 0 Å². The van der Waals surface area contributed by atoms with Crippen molar-refractivity contribution in [2.24, 2.45) is 0 Å². The first kappa shape index (κ1) is 16.4. The summed E-state index contributed by atoms with van der Waals surface area (Å²) in [6.45, 7) is 10.4. The largest absolute Gasteiger partial charge is 0.548 e. The molecule has 0 saturated carbocycles. The molecule has 0 amide bonds. The lowest BCUT2D eigenvalue weighted by Gasteiger charge is -2.40. The zero-order valence-electron chi connectivity index (χ0n) is 11.6. The SMILES string of the molecule is CC(CO)(COC(C)(C)C)NC(C)(C)C(=O)[O-]. The molecule has 0 rings (SSSR count). The van der Waals surface area contributed by atoms with Crippen LogP contribution in [-0.2, 0) is 9.53 Å². The molecule has 0 aromatic rings. The molecule has 5 nitrogen and oxygen atoms in total. The lowest BCUT2D eigenvalue weighted by molar-refractivity contribution is -0.314. The van der Waals surface area contributed by atoms with Gasteiger partial charge in [-0.25, -0.2) is 0 Å². The highest BCUT2D eigenvalue weighted by Gasteiger charge is 2.33. The van der Waals surface area contributed by atoms with Gasteiger partial charge in [0.2, 0.25) is 0 Å². The third-order valence-electron chi connectivity index (χ3n) is 2.30. The van der Waals surface area contributed by atoms with Crippen LogP contribution in [0.1, 0.15) is 41.5 Å². The van der Waals surface area contributed by atoms with Gasteiger partial charge in [0.05, 0.1) is 35.9 Å². The first-order chi connectivity index (χ1) is 7.42. The second kappa shape index (κ2) is 5.33. The molecule has 1 atom stereocenters. The van der Waals surface area contributed by atoms with Crippen molar-refractivity contribution in [1.29, 1.82) is 0 Å². The lowest BCUT2D eigenvalue weighted by Crippen LogP contribution is -2.64. The van der Waals surface area contributed by atoms with Gasteiger partial charge in [0.1, 0.15) is 0 Å². The Balaban J connectivity index is 4.64. The smallest absolute Gasteiger partial charge is 0.0675 e. The van der Waals surface area contributed by atoms with Crippen LogP contribution in [-0.4, -0.2) is 41.0 Å². The summed E-state index contributed by atoms with van der Waals surface area (Å²) in [5, 5.41) is 23.1. The first-order valence-electron chi connectivity index (χ1n) is 5.67. The highest BCUT2D eigenvalue weighted by molar-refractivity contribution is 5.75. The number of carboxylic acids is 1. The number of ether oxygens (including phenoxy) is 1. The van der Waals surface area contributed by atoms with Crippen LogP contribution in [0.3, 0.4) is 0 Å². The fraction of sp³-hybridized carbons (Fsp3) is 0.917. The molecule has 0 saturated heterocycles. The Morgan fingerprint density at radius 3 is 2.00 bits per heavy atom. The van der Waals surface area contributed by atoms with E-state index < -0.39 is 17.0 Å². The Bertz CT molecular complexity index is 270. The molecule has 0 spiro atoms. The van der Waals surface area contributed by atoms with E-state index in [9.17, 15) is 15.0 Å². The summed E-state index contributed by atoms with van der Waals surface area (Å²) in [7, 11) is 0. The van der Waals surface area contributed by atoms with Crippen molar-refractivity contribution in [2.75, 3.05) is 13.2 Å². The Labute approximate surface area is 103 Å². The zero-order chi connectivity index (χ0) is 13.9. The van der Waals surface area contributed by atoms with Gasteiger partial charge in [-0.1, -0.05) is 0 Å². The Morgan fingerprint density at radius 2 is 1.71 bits per heavy atom. The topological polar surface area (TPSA) is 81.6 Å². The monoisotopic (exact) mass is 246 g/mol. The fourth-order valence-electron chi connectivity index (χ4n) is 1.30. The minimum Gasteiger partial charge on any atom is -0.548 e. The van der Waals surface area contributed by atoms with E-state index in [4.69, 9.17) is 4.74 Å². The quantitative estimate of drug-likeness (QED) is 0.670. The van der Waals surface area contributed by atoms with E-state index in [1.807, 2.05) is 20.8 Å². The predicted molar refractivity (Wildman–Crippen MR) is 63.4 cm³/mol. The standard InChI is InChI=1S/C12H25NO4/c1-10(2,3)17-8-12(6,7-14)13-11(4,5)9(15)16/h13-14H,7-8H2,1-6H3,(H,15,16)/p-1. The minimum absolute atomic E-state index is 0.212. The number of aliphatic hydroxyl groups excluding tert-OH is 1. The van der Waals surface area contributed by atoms with Gasteiger partial charge < -0.3 is 19.7 Å². The van der Waals surface area contributed by atoms with Crippen molar-refractivity contribution in [3.05, 3.63) is 0 Å². The van der Waals surface area contributed by atoms with E-state index in [1.165, 1.54) is 13.8 Å². The van der Waals surface area contributed by atoms with Crippen LogP contribution in [0.5, 0.6) is 0 Å². The number of aliphatic hydroxyl groups is 1. The van der Waals surface area contributed by atoms with Crippen molar-refractivity contribution < 1.29 is 19.7 Å². The summed E-state index contributed by atoms with van der Waals surface area (Å²) in [4.78, 5) is 10.9. The van der Waals surface area contributed by atoms with Gasteiger partial charge in [-0.05, 0) is 41.5 Å². The lowest BCUT2D eigenvalue weighted by atomic mass is 9.97. The summed E-state index contributed by atoms with van der Waals surface area (Å²) in [5.41, 5.74) is -2.39. The molecule has 0 heterocycles. The third-order valence-corrected chi connectivity index (χ3v) is 2.30. The number of carbonyl (C=O) groups excluding carboxylic acids is 1. The van der Waals surface area contributed by atoms with Crippen molar-refractivity contribution in [2.45, 2.75) is 58.2 Å². The zero-order valence-corrected chi connectivity index (χ0v) is 11.6. The van der Waals surface area contributed by atoms with Gasteiger partial charge in [0, 0.05) is 0 Å². The van der Waals surface area contributed by atoms with Crippen molar-refractivity contribution >= 4 is 5.97 Å². The number of carbonyl (C=O) groups is 1. The van der Waals surface area contributed by atoms with Crippen molar-refractivity contribution in [1.82, 2.24) is 5.32 Å². The molecule has 0 aliphatic rings. The number of nitrogens with one attached hydrogen (secondary N) is 1. The van der Waals surface area contributed by atoms with Gasteiger partial charge in [-0.15, -0.1) is 0 Å². The molecular weight excluding hydrogens is 222 g/mol. The number of rotatable bonds is 6. The van der Waals surface area contributed by atoms with Crippen LogP contribution in [0, 0.1) is 0 Å². The Morgan fingerprint density at radius 1 is 1.24 bits per heavy atom. The van der Waals surface area contributed by atoms with Crippen LogP contribution in [0.4, 0.5) is 0 Å². The summed E-state index contributed by atoms with van der Waals surface area (Å²) >= 11 is 0. The van der Waals surface area contributed by atoms with Gasteiger partial charge in [-0.2, -0.15) is 0 Å². The van der Waals surface area contributed by atoms with Gasteiger partial charge in [-0.3, -0.25) is 5.32 Å². The van der Waals surface area contributed by atoms with Crippen LogP contribution in [0.15, 0.2) is 0 Å². The summed E-state index contributed by atoms with van der Waals surface area (Å²) < 4.78 is 5.58. The first-order valence-corrected chi connectivity index (χ1v) is 5.67. The molecule has 0 bridgehead atoms. The average Bonchev–Trinajstić information content (AvgIpc) is 2.13. The summed E-state index contributed by atoms with van der Waals surface area (Å²) in [6.07, 6.45) is 0. The van der Waals surface area contributed by atoms with E-state index in [0.717, 1.165) is 0 Å². The van der Waals surface area contributed by atoms with Crippen LogP contribution in [0.2, 0.25) is 0 Å². The molecule has 0 aromatic heterocycles. The summed E-state index contributed by atoms with van der Waals surface area (Å²) in [5.74, 6) is -1.21. The van der Waals surface area contributed by atoms with E-state index >= 15 is 0 Å². The van der Waals surface area contributed by atoms with Crippen molar-refractivity contribution in [3.63, 3.8) is 0 Å². The second-order valence-electron chi connectivity index (χ2n) is 6.16. The number of hydrogen-bond acceptors (Lipinski definition) is 5. The Kier molecular flexibility index (Phi) is 5.13. The Hall–Kier alpha value is -0.650. The molecule has 102 valence electrons. The number of hydrogen-bond donors (Lipinski definition) is 2. The maximum atomic E-state index is 10.9. The van der Waals surface area contributed by atoms with E-state index in [2.05, 4.69) is 5.32 Å². The molecule has 17 heavy (non-hydrogen) atoms. The molecule has 5 heteroatoms. The van der Waals surface area contributed by atoms with Gasteiger partial charge in [0.15, 0.2) is 0 Å². The molecule has 0 aliphatic carbocycles. The van der Waals surface area contributed by atoms with Crippen LogP contribution >= 0.6 is 0 Å². The highest BCUT2D eigenvalue weighted by Crippen LogP contribution is 2.15.